The van der Waals surface area contributed by atoms with Crippen molar-refractivity contribution < 1.29 is 5.11 Å². The second-order valence-corrected chi connectivity index (χ2v) is 7.15. The fourth-order valence-electron chi connectivity index (χ4n) is 3.30. The first-order chi connectivity index (χ1) is 11.5. The van der Waals surface area contributed by atoms with Crippen molar-refractivity contribution in [2.24, 2.45) is 5.92 Å². The van der Waals surface area contributed by atoms with Gasteiger partial charge in [-0.1, -0.05) is 11.6 Å². The molecule has 2 aromatic rings. The van der Waals surface area contributed by atoms with Crippen LogP contribution >= 0.6 is 11.6 Å². The highest BCUT2D eigenvalue weighted by Gasteiger charge is 2.23. The Morgan fingerprint density at radius 3 is 2.75 bits per heavy atom. The third kappa shape index (κ3) is 4.32. The number of piperidine rings is 1. The van der Waals surface area contributed by atoms with Gasteiger partial charge in [-0.3, -0.25) is 4.90 Å². The molecular formula is C19H24ClN3O. The monoisotopic (exact) mass is 345 g/mol. The summed E-state index contributed by atoms with van der Waals surface area (Å²) < 4.78 is 0. The Kier molecular flexibility index (Phi) is 5.49. The van der Waals surface area contributed by atoms with E-state index in [1.54, 1.807) is 0 Å². The molecule has 1 fully saturated rings. The zero-order valence-corrected chi connectivity index (χ0v) is 15.0. The number of benzene rings is 1. The first kappa shape index (κ1) is 17.3. The number of likely N-dealkylation sites (tertiary alicyclic amines) is 1. The van der Waals surface area contributed by atoms with Gasteiger partial charge in [-0.25, -0.2) is 9.97 Å². The molecule has 5 heteroatoms. The van der Waals surface area contributed by atoms with E-state index >= 15 is 0 Å². The second-order valence-electron chi connectivity index (χ2n) is 6.71. The number of aliphatic hydroxyl groups excluding tert-OH is 1. The van der Waals surface area contributed by atoms with Gasteiger partial charge in [0.25, 0.3) is 0 Å². The molecule has 3 rings (SSSR count). The summed E-state index contributed by atoms with van der Waals surface area (Å²) >= 11 is 5.96. The van der Waals surface area contributed by atoms with E-state index in [4.69, 9.17) is 16.6 Å². The predicted molar refractivity (Wildman–Crippen MR) is 96.9 cm³/mol. The lowest BCUT2D eigenvalue weighted by Gasteiger charge is -2.33. The molecule has 2 unspecified atom stereocenters. The minimum Gasteiger partial charge on any atom is -0.393 e. The van der Waals surface area contributed by atoms with Crippen LogP contribution in [-0.4, -0.2) is 39.2 Å². The summed E-state index contributed by atoms with van der Waals surface area (Å²) in [4.78, 5) is 11.7. The summed E-state index contributed by atoms with van der Waals surface area (Å²) in [5, 5.41) is 10.6. The number of rotatable bonds is 4. The molecule has 1 saturated heterocycles. The van der Waals surface area contributed by atoms with E-state index in [2.05, 4.69) is 9.88 Å². The minimum absolute atomic E-state index is 0.246. The summed E-state index contributed by atoms with van der Waals surface area (Å²) in [7, 11) is 0. The second kappa shape index (κ2) is 7.60. The zero-order valence-electron chi connectivity index (χ0n) is 14.2. The summed E-state index contributed by atoms with van der Waals surface area (Å²) in [5.41, 5.74) is 2.97. The molecular weight excluding hydrogens is 322 g/mol. The van der Waals surface area contributed by atoms with Crippen LogP contribution in [0.15, 0.2) is 30.3 Å². The number of nitrogens with zero attached hydrogens (tertiary/aromatic N) is 3. The van der Waals surface area contributed by atoms with Crippen LogP contribution in [0.25, 0.3) is 11.4 Å². The molecule has 1 aromatic carbocycles. The van der Waals surface area contributed by atoms with E-state index in [0.717, 1.165) is 55.3 Å². The van der Waals surface area contributed by atoms with Crippen molar-refractivity contribution in [1.82, 2.24) is 14.9 Å². The van der Waals surface area contributed by atoms with Gasteiger partial charge in [0.05, 0.1) is 11.8 Å². The highest BCUT2D eigenvalue weighted by atomic mass is 35.5. The molecule has 2 atom stereocenters. The summed E-state index contributed by atoms with van der Waals surface area (Å²) in [6.07, 6.45) is 1.99. The largest absolute Gasteiger partial charge is 0.393 e. The van der Waals surface area contributed by atoms with Gasteiger partial charge in [0, 0.05) is 29.4 Å². The molecule has 2 heterocycles. The van der Waals surface area contributed by atoms with Crippen LogP contribution in [0.2, 0.25) is 5.02 Å². The van der Waals surface area contributed by atoms with Gasteiger partial charge in [0.1, 0.15) is 0 Å². The molecule has 1 aromatic heterocycles. The average molecular weight is 346 g/mol. The molecule has 128 valence electrons. The van der Waals surface area contributed by atoms with Crippen LogP contribution in [0, 0.1) is 12.8 Å². The minimum atomic E-state index is -0.246. The quantitative estimate of drug-likeness (QED) is 0.918. The van der Waals surface area contributed by atoms with Crippen LogP contribution in [0.3, 0.4) is 0 Å². The molecule has 0 saturated carbocycles. The van der Waals surface area contributed by atoms with Crippen molar-refractivity contribution in [3.05, 3.63) is 46.7 Å². The van der Waals surface area contributed by atoms with E-state index in [1.807, 2.05) is 44.2 Å². The van der Waals surface area contributed by atoms with Gasteiger partial charge in [-0.2, -0.15) is 0 Å². The van der Waals surface area contributed by atoms with Crippen molar-refractivity contribution in [1.29, 1.82) is 0 Å². The smallest absolute Gasteiger partial charge is 0.159 e. The molecule has 0 radical (unpaired) electrons. The number of aromatic nitrogens is 2. The standard InChI is InChI=1S/C19H24ClN3O/c1-13-10-18(12-23-9-3-4-16(11-23)14(2)24)22-19(21-13)15-5-7-17(20)8-6-15/h5-8,10,14,16,24H,3-4,9,11-12H2,1-2H3. The van der Waals surface area contributed by atoms with Crippen LogP contribution in [0.4, 0.5) is 0 Å². The van der Waals surface area contributed by atoms with E-state index in [1.165, 1.54) is 0 Å². The summed E-state index contributed by atoms with van der Waals surface area (Å²) in [6, 6.07) is 9.67. The van der Waals surface area contributed by atoms with E-state index < -0.39 is 0 Å². The first-order valence-corrected chi connectivity index (χ1v) is 8.90. The number of halogens is 1. The topological polar surface area (TPSA) is 49.2 Å². The van der Waals surface area contributed by atoms with E-state index in [-0.39, 0.29) is 6.10 Å². The fraction of sp³-hybridized carbons (Fsp3) is 0.474. The van der Waals surface area contributed by atoms with Crippen LogP contribution in [-0.2, 0) is 6.54 Å². The summed E-state index contributed by atoms with van der Waals surface area (Å²) in [5.74, 6) is 1.10. The lowest BCUT2D eigenvalue weighted by Crippen LogP contribution is -2.39. The van der Waals surface area contributed by atoms with Crippen molar-refractivity contribution in [3.63, 3.8) is 0 Å². The van der Waals surface area contributed by atoms with Crippen LogP contribution in [0.5, 0.6) is 0 Å². The zero-order chi connectivity index (χ0) is 17.1. The maximum absolute atomic E-state index is 9.86. The van der Waals surface area contributed by atoms with Crippen molar-refractivity contribution in [2.75, 3.05) is 13.1 Å². The maximum Gasteiger partial charge on any atom is 0.159 e. The Morgan fingerprint density at radius 1 is 1.29 bits per heavy atom. The van der Waals surface area contributed by atoms with Gasteiger partial charge in [0.15, 0.2) is 5.82 Å². The molecule has 0 amide bonds. The highest BCUT2D eigenvalue weighted by molar-refractivity contribution is 6.30. The van der Waals surface area contributed by atoms with Crippen molar-refractivity contribution in [2.45, 2.75) is 39.3 Å². The average Bonchev–Trinajstić information content (AvgIpc) is 2.55. The lowest BCUT2D eigenvalue weighted by molar-refractivity contribution is 0.0594. The van der Waals surface area contributed by atoms with Crippen LogP contribution in [0.1, 0.15) is 31.2 Å². The van der Waals surface area contributed by atoms with Crippen molar-refractivity contribution in [3.8, 4) is 11.4 Å². The number of aliphatic hydroxyl groups is 1. The summed E-state index contributed by atoms with van der Waals surface area (Å²) in [6.45, 7) is 6.67. The van der Waals surface area contributed by atoms with Crippen LogP contribution < -0.4 is 0 Å². The van der Waals surface area contributed by atoms with Gasteiger partial charge >= 0.3 is 0 Å². The van der Waals surface area contributed by atoms with Crippen molar-refractivity contribution >= 4 is 11.6 Å². The Hall–Kier alpha value is -1.49. The molecule has 1 N–H and O–H groups in total. The lowest BCUT2D eigenvalue weighted by atomic mass is 9.93. The molecule has 4 nitrogen and oxygen atoms in total. The van der Waals surface area contributed by atoms with Gasteiger partial charge in [-0.15, -0.1) is 0 Å². The molecule has 0 spiro atoms. The van der Waals surface area contributed by atoms with E-state index in [9.17, 15) is 5.11 Å². The predicted octanol–water partition coefficient (Wildman–Crippen LogP) is 3.70. The Balaban J connectivity index is 1.77. The third-order valence-electron chi connectivity index (χ3n) is 4.62. The highest BCUT2D eigenvalue weighted by Crippen LogP contribution is 2.23. The van der Waals surface area contributed by atoms with E-state index in [0.29, 0.717) is 10.9 Å². The van der Waals surface area contributed by atoms with Gasteiger partial charge < -0.3 is 5.11 Å². The molecule has 1 aliphatic rings. The van der Waals surface area contributed by atoms with Gasteiger partial charge in [-0.05, 0) is 69.5 Å². The number of aryl methyl sites for hydroxylation is 1. The molecule has 0 aliphatic carbocycles. The fourth-order valence-corrected chi connectivity index (χ4v) is 3.43. The number of hydrogen-bond acceptors (Lipinski definition) is 4. The SMILES string of the molecule is Cc1cc(CN2CCCC(C(C)O)C2)nc(-c2ccc(Cl)cc2)n1. The Labute approximate surface area is 148 Å². The van der Waals surface area contributed by atoms with Gasteiger partial charge in [0.2, 0.25) is 0 Å². The first-order valence-electron chi connectivity index (χ1n) is 8.52. The Morgan fingerprint density at radius 2 is 2.04 bits per heavy atom. The third-order valence-corrected chi connectivity index (χ3v) is 4.87. The number of hydrogen-bond donors (Lipinski definition) is 1. The molecule has 1 aliphatic heterocycles. The molecule has 24 heavy (non-hydrogen) atoms. The maximum atomic E-state index is 9.86. The molecule has 0 bridgehead atoms. The Bertz CT molecular complexity index is 688. The normalized spacial score (nSPS) is 20.1.